The first-order chi connectivity index (χ1) is 4.29. The second-order valence-electron chi connectivity index (χ2n) is 1.67. The van der Waals surface area contributed by atoms with Gasteiger partial charge in [-0.2, -0.15) is 4.57 Å². The third kappa shape index (κ3) is 2.93. The molecule has 56 valence electrons. The SMILES string of the molecule is NC(=O)C[n+]1ccsc1.[Br-]. The summed E-state index contributed by atoms with van der Waals surface area (Å²) in [6.45, 7) is 0.281. The first-order valence-electron chi connectivity index (χ1n) is 2.48. The molecule has 1 heterocycles. The van der Waals surface area contributed by atoms with Gasteiger partial charge in [0.25, 0.3) is 5.91 Å². The molecular weight excluding hydrogens is 216 g/mol. The zero-order valence-electron chi connectivity index (χ0n) is 5.16. The second-order valence-corrected chi connectivity index (χ2v) is 2.42. The second kappa shape index (κ2) is 4.40. The molecule has 0 bridgehead atoms. The van der Waals surface area contributed by atoms with E-state index >= 15 is 0 Å². The fraction of sp³-hybridized carbons (Fsp3) is 0.200. The number of aromatic nitrogens is 1. The van der Waals surface area contributed by atoms with E-state index in [0.29, 0.717) is 0 Å². The summed E-state index contributed by atoms with van der Waals surface area (Å²) in [4.78, 5) is 10.3. The standard InChI is InChI=1S/C5H6N2OS.BrH/c6-5(8)3-7-1-2-9-4-7;/h1-2,4H,3H2,(H-,6,8);1H. The van der Waals surface area contributed by atoms with Gasteiger partial charge in [-0.1, -0.05) is 11.3 Å². The maximum absolute atomic E-state index is 10.3. The Morgan fingerprint density at radius 1 is 1.70 bits per heavy atom. The predicted octanol–water partition coefficient (Wildman–Crippen LogP) is -3.48. The van der Waals surface area contributed by atoms with E-state index in [9.17, 15) is 4.79 Å². The lowest BCUT2D eigenvalue weighted by Crippen LogP contribution is -3.00. The Kier molecular flexibility index (Phi) is 4.22. The molecule has 2 N–H and O–H groups in total. The number of nitrogens with zero attached hydrogens (tertiary/aromatic N) is 1. The first-order valence-corrected chi connectivity index (χ1v) is 3.43. The van der Waals surface area contributed by atoms with Crippen LogP contribution in [0.5, 0.6) is 0 Å². The lowest BCUT2D eigenvalue weighted by molar-refractivity contribution is -0.679. The molecule has 1 rings (SSSR count). The molecule has 5 heteroatoms. The van der Waals surface area contributed by atoms with E-state index in [1.54, 1.807) is 4.57 Å². The monoisotopic (exact) mass is 222 g/mol. The topological polar surface area (TPSA) is 47.0 Å². The minimum Gasteiger partial charge on any atom is -1.00 e. The summed E-state index contributed by atoms with van der Waals surface area (Å²) < 4.78 is 1.74. The molecule has 1 aromatic rings. The molecule has 0 atom stereocenters. The van der Waals surface area contributed by atoms with Gasteiger partial charge >= 0.3 is 0 Å². The van der Waals surface area contributed by atoms with Gasteiger partial charge in [-0.3, -0.25) is 4.79 Å². The summed E-state index contributed by atoms with van der Waals surface area (Å²) in [5.41, 5.74) is 6.77. The minimum absolute atomic E-state index is 0. The normalized spacial score (nSPS) is 8.40. The minimum atomic E-state index is -0.307. The Morgan fingerprint density at radius 2 is 2.40 bits per heavy atom. The van der Waals surface area contributed by atoms with Gasteiger partial charge in [0.15, 0.2) is 6.20 Å². The molecule has 3 nitrogen and oxygen atoms in total. The zero-order chi connectivity index (χ0) is 6.69. The molecule has 0 saturated heterocycles. The molecule has 0 aliphatic heterocycles. The summed E-state index contributed by atoms with van der Waals surface area (Å²) in [6, 6.07) is 0. The van der Waals surface area contributed by atoms with Crippen LogP contribution in [-0.2, 0) is 11.3 Å². The van der Waals surface area contributed by atoms with Gasteiger partial charge in [-0.05, 0) is 0 Å². The summed E-state index contributed by atoms with van der Waals surface area (Å²) >= 11 is 1.54. The molecule has 1 amide bonds. The lowest BCUT2D eigenvalue weighted by atomic mass is 10.6. The van der Waals surface area contributed by atoms with E-state index in [2.05, 4.69) is 0 Å². The van der Waals surface area contributed by atoms with Crippen LogP contribution in [0.15, 0.2) is 17.1 Å². The molecule has 10 heavy (non-hydrogen) atoms. The van der Waals surface area contributed by atoms with Crippen LogP contribution in [0.2, 0.25) is 0 Å². The van der Waals surface area contributed by atoms with E-state index in [1.165, 1.54) is 11.3 Å². The van der Waals surface area contributed by atoms with Gasteiger partial charge in [0.2, 0.25) is 12.1 Å². The average molecular weight is 223 g/mol. The highest BCUT2D eigenvalue weighted by Crippen LogP contribution is 1.86. The summed E-state index contributed by atoms with van der Waals surface area (Å²) in [5, 5.41) is 1.89. The molecule has 0 fully saturated rings. The highest BCUT2D eigenvalue weighted by Gasteiger charge is 2.02. The van der Waals surface area contributed by atoms with E-state index in [1.807, 2.05) is 17.1 Å². The van der Waals surface area contributed by atoms with Crippen LogP contribution in [0.1, 0.15) is 0 Å². The van der Waals surface area contributed by atoms with Crippen LogP contribution in [0, 0.1) is 0 Å². The van der Waals surface area contributed by atoms with Crippen molar-refractivity contribution in [1.82, 2.24) is 0 Å². The molecule has 0 saturated carbocycles. The number of nitrogens with two attached hydrogens (primary N) is 1. The lowest BCUT2D eigenvalue weighted by Gasteiger charge is -1.82. The predicted molar refractivity (Wildman–Crippen MR) is 33.7 cm³/mol. The van der Waals surface area contributed by atoms with Crippen molar-refractivity contribution in [1.29, 1.82) is 0 Å². The largest absolute Gasteiger partial charge is 1.00 e. The zero-order valence-corrected chi connectivity index (χ0v) is 7.56. The molecule has 0 unspecified atom stereocenters. The number of primary amides is 1. The Bertz CT molecular complexity index is 199. The van der Waals surface area contributed by atoms with Crippen LogP contribution in [-0.4, -0.2) is 5.91 Å². The number of thiazole rings is 1. The quantitative estimate of drug-likeness (QED) is 0.520. The number of carbonyl (C=O) groups is 1. The Balaban J connectivity index is 0.000000810. The summed E-state index contributed by atoms with van der Waals surface area (Å²) in [7, 11) is 0. The fourth-order valence-electron chi connectivity index (χ4n) is 0.532. The molecule has 0 aliphatic carbocycles. The van der Waals surface area contributed by atoms with Crippen molar-refractivity contribution in [2.75, 3.05) is 0 Å². The highest BCUT2D eigenvalue weighted by molar-refractivity contribution is 7.07. The number of amides is 1. The number of hydrogen-bond acceptors (Lipinski definition) is 2. The maximum Gasteiger partial charge on any atom is 0.283 e. The van der Waals surface area contributed by atoms with E-state index in [-0.39, 0.29) is 29.4 Å². The van der Waals surface area contributed by atoms with Crippen molar-refractivity contribution >= 4 is 17.2 Å². The van der Waals surface area contributed by atoms with Crippen LogP contribution < -0.4 is 27.3 Å². The van der Waals surface area contributed by atoms with Gasteiger partial charge in [0.1, 0.15) is 0 Å². The number of carbonyl (C=O) groups excluding carboxylic acids is 1. The summed E-state index contributed by atoms with van der Waals surface area (Å²) in [6.07, 6.45) is 1.81. The van der Waals surface area contributed by atoms with Crippen molar-refractivity contribution in [3.8, 4) is 0 Å². The number of rotatable bonds is 2. The fourth-order valence-corrected chi connectivity index (χ4v) is 1.13. The van der Waals surface area contributed by atoms with Crippen LogP contribution in [0.25, 0.3) is 0 Å². The highest BCUT2D eigenvalue weighted by atomic mass is 79.9. The van der Waals surface area contributed by atoms with Crippen LogP contribution >= 0.6 is 11.3 Å². The van der Waals surface area contributed by atoms with Gasteiger partial charge < -0.3 is 22.7 Å². The van der Waals surface area contributed by atoms with Gasteiger partial charge in [-0.15, -0.1) is 0 Å². The van der Waals surface area contributed by atoms with Crippen molar-refractivity contribution in [2.24, 2.45) is 5.73 Å². The van der Waals surface area contributed by atoms with Crippen LogP contribution in [0.4, 0.5) is 0 Å². The number of hydrogen-bond donors (Lipinski definition) is 1. The Labute approximate surface area is 73.2 Å². The van der Waals surface area contributed by atoms with E-state index in [4.69, 9.17) is 5.73 Å². The maximum atomic E-state index is 10.3. The van der Waals surface area contributed by atoms with Gasteiger partial charge in [-0.25, -0.2) is 0 Å². The molecule has 0 aromatic carbocycles. The molecule has 0 spiro atoms. The molecular formula is C5H7BrN2OS. The van der Waals surface area contributed by atoms with Gasteiger partial charge in [0, 0.05) is 0 Å². The van der Waals surface area contributed by atoms with Crippen LogP contribution in [0.3, 0.4) is 0 Å². The number of halogens is 1. The van der Waals surface area contributed by atoms with Gasteiger partial charge in [0.05, 0.1) is 5.38 Å². The van der Waals surface area contributed by atoms with Crippen molar-refractivity contribution in [3.05, 3.63) is 17.1 Å². The third-order valence-corrected chi connectivity index (χ3v) is 1.54. The molecule has 0 radical (unpaired) electrons. The Hall–Kier alpha value is -0.420. The summed E-state index contributed by atoms with van der Waals surface area (Å²) in [5.74, 6) is -0.307. The smallest absolute Gasteiger partial charge is 0.283 e. The Morgan fingerprint density at radius 3 is 2.80 bits per heavy atom. The molecule has 0 aliphatic rings. The van der Waals surface area contributed by atoms with Crippen molar-refractivity contribution in [2.45, 2.75) is 6.54 Å². The third-order valence-electron chi connectivity index (χ3n) is 0.866. The average Bonchev–Trinajstić information content (AvgIpc) is 2.15. The first kappa shape index (κ1) is 9.58. The van der Waals surface area contributed by atoms with Crippen molar-refractivity contribution < 1.29 is 26.3 Å². The van der Waals surface area contributed by atoms with E-state index < -0.39 is 0 Å². The van der Waals surface area contributed by atoms with E-state index in [0.717, 1.165) is 0 Å². The molecule has 1 aromatic heterocycles. The van der Waals surface area contributed by atoms with Crippen molar-refractivity contribution in [3.63, 3.8) is 0 Å².